The average molecular weight is 493 g/mol. The van der Waals surface area contributed by atoms with Crippen LogP contribution in [0.4, 0.5) is 0 Å². The molecule has 0 aliphatic carbocycles. The van der Waals surface area contributed by atoms with Crippen molar-refractivity contribution >= 4 is 52.1 Å². The molecule has 0 aliphatic rings. The molecule has 4 rings (SSSR count). The Bertz CT molecular complexity index is 1420. The van der Waals surface area contributed by atoms with Crippen LogP contribution in [0, 0.1) is 0 Å². The first-order chi connectivity index (χ1) is 16.5. The third kappa shape index (κ3) is 5.03. The monoisotopic (exact) mass is 492 g/mol. The molecule has 0 fully saturated rings. The number of hydrazone groups is 1. The topological polar surface area (TPSA) is 77.0 Å². The van der Waals surface area contributed by atoms with Crippen molar-refractivity contribution in [1.82, 2.24) is 5.43 Å². The summed E-state index contributed by atoms with van der Waals surface area (Å²) >= 11 is 12.1. The molecule has 0 radical (unpaired) electrons. The lowest BCUT2D eigenvalue weighted by atomic mass is 10.0. The molecule has 0 aromatic heterocycles. The summed E-state index contributed by atoms with van der Waals surface area (Å²) in [5.74, 6) is -0.412. The number of benzene rings is 4. The van der Waals surface area contributed by atoms with Crippen molar-refractivity contribution in [3.63, 3.8) is 0 Å². The van der Waals surface area contributed by atoms with Gasteiger partial charge in [0, 0.05) is 10.6 Å². The first kappa shape index (κ1) is 23.3. The molecule has 34 heavy (non-hydrogen) atoms. The lowest BCUT2D eigenvalue weighted by Crippen LogP contribution is -2.18. The number of nitrogens with one attached hydrogen (secondary N) is 1. The fourth-order valence-corrected chi connectivity index (χ4v) is 3.84. The Kier molecular flexibility index (Phi) is 7.11. The van der Waals surface area contributed by atoms with Gasteiger partial charge in [-0.05, 0) is 47.2 Å². The molecule has 0 saturated carbocycles. The normalized spacial score (nSPS) is 10.9. The van der Waals surface area contributed by atoms with Gasteiger partial charge in [-0.2, -0.15) is 5.10 Å². The Morgan fingerprint density at radius 1 is 0.882 bits per heavy atom. The second-order valence-corrected chi connectivity index (χ2v) is 7.96. The summed E-state index contributed by atoms with van der Waals surface area (Å²) in [5.41, 5.74) is 3.51. The Morgan fingerprint density at radius 2 is 1.65 bits per heavy atom. The Balaban J connectivity index is 1.65. The zero-order valence-electron chi connectivity index (χ0n) is 17.9. The Morgan fingerprint density at radius 3 is 2.44 bits per heavy atom. The van der Waals surface area contributed by atoms with Crippen molar-refractivity contribution < 1.29 is 19.1 Å². The van der Waals surface area contributed by atoms with E-state index in [2.05, 4.69) is 10.5 Å². The van der Waals surface area contributed by atoms with E-state index in [4.69, 9.17) is 32.7 Å². The third-order valence-electron chi connectivity index (χ3n) is 5.00. The highest BCUT2D eigenvalue weighted by atomic mass is 35.5. The number of fused-ring (bicyclic) bond motifs is 1. The second-order valence-electron chi connectivity index (χ2n) is 7.11. The first-order valence-corrected chi connectivity index (χ1v) is 10.9. The van der Waals surface area contributed by atoms with Crippen molar-refractivity contribution in [2.45, 2.75) is 0 Å². The number of ether oxygens (including phenoxy) is 2. The van der Waals surface area contributed by atoms with Gasteiger partial charge in [0.1, 0.15) is 11.5 Å². The van der Waals surface area contributed by atoms with Gasteiger partial charge in [0.15, 0.2) is 0 Å². The molecular formula is C26H18Cl2N2O4. The number of esters is 1. The maximum Gasteiger partial charge on any atom is 0.345 e. The van der Waals surface area contributed by atoms with Gasteiger partial charge in [0.25, 0.3) is 5.91 Å². The Hall–Kier alpha value is -3.87. The van der Waals surface area contributed by atoms with Crippen LogP contribution in [0.25, 0.3) is 10.8 Å². The molecule has 0 unspecified atom stereocenters. The lowest BCUT2D eigenvalue weighted by Gasteiger charge is -2.11. The van der Waals surface area contributed by atoms with Crippen LogP contribution in [0.15, 0.2) is 84.0 Å². The SMILES string of the molecule is COc1ccccc1C(=O)N/N=C/c1c(OC(=O)c2ccc(Cl)cc2Cl)ccc2ccccc12. The maximum absolute atomic E-state index is 12.8. The highest BCUT2D eigenvalue weighted by Gasteiger charge is 2.17. The maximum atomic E-state index is 12.8. The molecule has 0 aliphatic heterocycles. The lowest BCUT2D eigenvalue weighted by molar-refractivity contribution is 0.0734. The van der Waals surface area contributed by atoms with Crippen molar-refractivity contribution in [1.29, 1.82) is 0 Å². The highest BCUT2D eigenvalue weighted by Crippen LogP contribution is 2.29. The summed E-state index contributed by atoms with van der Waals surface area (Å²) in [7, 11) is 1.49. The van der Waals surface area contributed by atoms with Crippen molar-refractivity contribution in [3.8, 4) is 11.5 Å². The standard InChI is InChI=1S/C26H18Cl2N2O4/c1-33-23-9-5-4-8-20(23)25(31)30-29-15-21-18-7-3-2-6-16(18)10-13-24(21)34-26(32)19-12-11-17(27)14-22(19)28/h2-15H,1H3,(H,30,31)/b29-15+. The number of carbonyl (C=O) groups excluding carboxylic acids is 2. The summed E-state index contributed by atoms with van der Waals surface area (Å²) in [5, 5.41) is 6.37. The van der Waals surface area contributed by atoms with Crippen LogP contribution in [-0.4, -0.2) is 25.2 Å². The van der Waals surface area contributed by atoms with Crippen LogP contribution in [-0.2, 0) is 0 Å². The highest BCUT2D eigenvalue weighted by molar-refractivity contribution is 6.36. The molecule has 1 N–H and O–H groups in total. The number of halogens is 2. The van der Waals surface area contributed by atoms with E-state index < -0.39 is 11.9 Å². The fraction of sp³-hybridized carbons (Fsp3) is 0.0385. The third-order valence-corrected chi connectivity index (χ3v) is 5.54. The molecule has 0 saturated heterocycles. The summed E-state index contributed by atoms with van der Waals surface area (Å²) < 4.78 is 10.9. The van der Waals surface area contributed by atoms with Gasteiger partial charge in [-0.1, -0.05) is 65.7 Å². The summed E-state index contributed by atoms with van der Waals surface area (Å²) in [6, 6.07) is 22.3. The predicted molar refractivity (Wildman–Crippen MR) is 133 cm³/mol. The van der Waals surface area contributed by atoms with Crippen LogP contribution in [0.5, 0.6) is 11.5 Å². The van der Waals surface area contributed by atoms with Crippen LogP contribution in [0.1, 0.15) is 26.3 Å². The number of hydrogen-bond acceptors (Lipinski definition) is 5. The minimum atomic E-state index is -0.648. The van der Waals surface area contributed by atoms with E-state index in [-0.39, 0.29) is 16.3 Å². The van der Waals surface area contributed by atoms with Crippen LogP contribution >= 0.6 is 23.2 Å². The number of nitrogens with zero attached hydrogens (tertiary/aromatic N) is 1. The zero-order chi connectivity index (χ0) is 24.1. The first-order valence-electron chi connectivity index (χ1n) is 10.1. The fourth-order valence-electron chi connectivity index (χ4n) is 3.36. The van der Waals surface area contributed by atoms with Crippen LogP contribution in [0.2, 0.25) is 10.0 Å². The Labute approximate surface area is 205 Å². The second kappa shape index (κ2) is 10.4. The molecule has 170 valence electrons. The van der Waals surface area contributed by atoms with E-state index in [0.717, 1.165) is 10.8 Å². The number of rotatable bonds is 6. The number of para-hydroxylation sites is 1. The van der Waals surface area contributed by atoms with Gasteiger partial charge in [-0.25, -0.2) is 10.2 Å². The molecule has 0 heterocycles. The predicted octanol–water partition coefficient (Wildman–Crippen LogP) is 6.14. The van der Waals surface area contributed by atoms with E-state index >= 15 is 0 Å². The van der Waals surface area contributed by atoms with Crippen molar-refractivity contribution in [3.05, 3.63) is 106 Å². The average Bonchev–Trinajstić information content (AvgIpc) is 2.84. The molecule has 4 aromatic carbocycles. The summed E-state index contributed by atoms with van der Waals surface area (Å²) in [6.07, 6.45) is 1.43. The number of hydrogen-bond donors (Lipinski definition) is 1. The quantitative estimate of drug-likeness (QED) is 0.152. The number of amides is 1. The van der Waals surface area contributed by atoms with Gasteiger partial charge < -0.3 is 9.47 Å². The summed E-state index contributed by atoms with van der Waals surface area (Å²) in [6.45, 7) is 0. The molecule has 8 heteroatoms. The van der Waals surface area contributed by atoms with Crippen molar-refractivity contribution in [2.24, 2.45) is 5.10 Å². The smallest absolute Gasteiger partial charge is 0.345 e. The minimum Gasteiger partial charge on any atom is -0.496 e. The van der Waals surface area contributed by atoms with E-state index in [1.165, 1.54) is 25.5 Å². The molecule has 1 amide bonds. The van der Waals surface area contributed by atoms with E-state index in [9.17, 15) is 9.59 Å². The number of methoxy groups -OCH3 is 1. The van der Waals surface area contributed by atoms with Crippen LogP contribution in [0.3, 0.4) is 0 Å². The van der Waals surface area contributed by atoms with E-state index in [1.807, 2.05) is 30.3 Å². The molecule has 6 nitrogen and oxygen atoms in total. The van der Waals surface area contributed by atoms with Gasteiger partial charge in [0.05, 0.1) is 29.5 Å². The molecule has 4 aromatic rings. The molecule has 0 bridgehead atoms. The summed E-state index contributed by atoms with van der Waals surface area (Å²) in [4.78, 5) is 25.4. The van der Waals surface area contributed by atoms with E-state index in [1.54, 1.807) is 36.4 Å². The van der Waals surface area contributed by atoms with Gasteiger partial charge >= 0.3 is 5.97 Å². The minimum absolute atomic E-state index is 0.173. The zero-order valence-corrected chi connectivity index (χ0v) is 19.4. The largest absolute Gasteiger partial charge is 0.496 e. The van der Waals surface area contributed by atoms with Gasteiger partial charge in [-0.3, -0.25) is 4.79 Å². The number of carbonyl (C=O) groups is 2. The van der Waals surface area contributed by atoms with E-state index in [0.29, 0.717) is 21.9 Å². The van der Waals surface area contributed by atoms with Gasteiger partial charge in [-0.15, -0.1) is 0 Å². The molecular weight excluding hydrogens is 475 g/mol. The molecule has 0 atom stereocenters. The van der Waals surface area contributed by atoms with Gasteiger partial charge in [0.2, 0.25) is 0 Å². The molecule has 0 spiro atoms. The van der Waals surface area contributed by atoms with Crippen LogP contribution < -0.4 is 14.9 Å². The van der Waals surface area contributed by atoms with Crippen molar-refractivity contribution in [2.75, 3.05) is 7.11 Å².